The predicted octanol–water partition coefficient (Wildman–Crippen LogP) is 5.11. The van der Waals surface area contributed by atoms with Gasteiger partial charge in [-0.2, -0.15) is 0 Å². The van der Waals surface area contributed by atoms with Crippen LogP contribution in [0.1, 0.15) is 44.1 Å². The van der Waals surface area contributed by atoms with Gasteiger partial charge in [-0.1, -0.05) is 40.4 Å². The minimum absolute atomic E-state index is 0.101. The van der Waals surface area contributed by atoms with Crippen molar-refractivity contribution in [3.8, 4) is 5.75 Å². The molecular formula is C16H20BrClO2. The van der Waals surface area contributed by atoms with E-state index >= 15 is 0 Å². The third-order valence-electron chi connectivity index (χ3n) is 4.42. The van der Waals surface area contributed by atoms with Crippen molar-refractivity contribution < 1.29 is 9.47 Å². The molecule has 1 aliphatic heterocycles. The Balaban J connectivity index is 1.71. The summed E-state index contributed by atoms with van der Waals surface area (Å²) in [5, 5.41) is 1.52. The molecule has 1 unspecified atom stereocenters. The van der Waals surface area contributed by atoms with E-state index in [4.69, 9.17) is 21.1 Å². The minimum atomic E-state index is 0.101. The zero-order valence-corrected chi connectivity index (χ0v) is 13.9. The van der Waals surface area contributed by atoms with Gasteiger partial charge in [0.2, 0.25) is 0 Å². The first-order valence-electron chi connectivity index (χ1n) is 7.36. The van der Waals surface area contributed by atoms with Crippen molar-refractivity contribution >= 4 is 27.5 Å². The molecule has 1 aromatic carbocycles. The second-order valence-corrected chi connectivity index (χ2v) is 6.85. The van der Waals surface area contributed by atoms with Crippen LogP contribution in [0, 0.1) is 0 Å². The predicted molar refractivity (Wildman–Crippen MR) is 84.9 cm³/mol. The first-order valence-corrected chi connectivity index (χ1v) is 8.86. The van der Waals surface area contributed by atoms with Crippen LogP contribution < -0.4 is 4.74 Å². The van der Waals surface area contributed by atoms with E-state index in [9.17, 15) is 0 Å². The molecule has 2 aliphatic rings. The van der Waals surface area contributed by atoms with E-state index in [1.54, 1.807) is 0 Å². The van der Waals surface area contributed by atoms with Crippen LogP contribution in [-0.4, -0.2) is 18.3 Å². The summed E-state index contributed by atoms with van der Waals surface area (Å²) in [6.07, 6.45) is 7.24. The summed E-state index contributed by atoms with van der Waals surface area (Å²) in [4.78, 5) is 0. The number of alkyl halides is 1. The average Bonchev–Trinajstić information content (AvgIpc) is 2.89. The van der Waals surface area contributed by atoms with Gasteiger partial charge in [-0.25, -0.2) is 0 Å². The normalized spacial score (nSPS) is 25.0. The number of halogens is 2. The number of ether oxygens (including phenoxy) is 2. The molecule has 1 atom stereocenters. The van der Waals surface area contributed by atoms with Crippen LogP contribution in [-0.2, 0) is 10.1 Å². The second-order valence-electron chi connectivity index (χ2n) is 5.86. The van der Waals surface area contributed by atoms with Crippen molar-refractivity contribution in [2.75, 3.05) is 6.61 Å². The summed E-state index contributed by atoms with van der Waals surface area (Å²) in [5.74, 6) is 0.950. The van der Waals surface area contributed by atoms with E-state index in [1.807, 2.05) is 18.2 Å². The highest BCUT2D eigenvalue weighted by Gasteiger charge is 2.40. The van der Waals surface area contributed by atoms with Crippen molar-refractivity contribution in [2.45, 2.75) is 55.6 Å². The third kappa shape index (κ3) is 3.15. The van der Waals surface area contributed by atoms with Crippen LogP contribution in [0.2, 0.25) is 5.02 Å². The highest BCUT2D eigenvalue weighted by Crippen LogP contribution is 2.41. The van der Waals surface area contributed by atoms with Crippen molar-refractivity contribution in [2.24, 2.45) is 0 Å². The zero-order valence-electron chi connectivity index (χ0n) is 11.5. The summed E-state index contributed by atoms with van der Waals surface area (Å²) in [6, 6.07) is 5.85. The Hall–Kier alpha value is -0.250. The smallest absolute Gasteiger partial charge is 0.123 e. The molecule has 1 saturated carbocycles. The Morgan fingerprint density at radius 1 is 1.35 bits per heavy atom. The van der Waals surface area contributed by atoms with Gasteiger partial charge < -0.3 is 9.47 Å². The maximum atomic E-state index is 6.25. The van der Waals surface area contributed by atoms with Crippen molar-refractivity contribution in [1.29, 1.82) is 0 Å². The summed E-state index contributed by atoms with van der Waals surface area (Å²) in [7, 11) is 0. The first kappa shape index (κ1) is 14.7. The topological polar surface area (TPSA) is 18.5 Å². The molecule has 1 spiro atoms. The first-order chi connectivity index (χ1) is 9.71. The van der Waals surface area contributed by atoms with Gasteiger partial charge in [0.05, 0.1) is 12.2 Å². The van der Waals surface area contributed by atoms with Gasteiger partial charge in [0.15, 0.2) is 0 Å². The lowest BCUT2D eigenvalue weighted by atomic mass is 9.90. The largest absolute Gasteiger partial charge is 0.490 e. The molecule has 20 heavy (non-hydrogen) atoms. The lowest BCUT2D eigenvalue weighted by molar-refractivity contribution is -0.108. The van der Waals surface area contributed by atoms with E-state index in [1.165, 1.54) is 25.7 Å². The molecule has 0 amide bonds. The van der Waals surface area contributed by atoms with Crippen LogP contribution >= 0.6 is 27.5 Å². The summed E-state index contributed by atoms with van der Waals surface area (Å²) in [5.41, 5.74) is 1.22. The van der Waals surface area contributed by atoms with Crippen LogP contribution in [0.15, 0.2) is 18.2 Å². The average molecular weight is 360 g/mol. The van der Waals surface area contributed by atoms with Gasteiger partial charge in [-0.05, 0) is 31.0 Å². The second kappa shape index (κ2) is 6.25. The Morgan fingerprint density at radius 3 is 2.90 bits per heavy atom. The van der Waals surface area contributed by atoms with Gasteiger partial charge in [-0.15, -0.1) is 0 Å². The molecular weight excluding hydrogens is 340 g/mol. The Labute approximate surface area is 133 Å². The molecule has 0 radical (unpaired) electrons. The molecule has 0 N–H and O–H groups in total. The number of rotatable bonds is 3. The lowest BCUT2D eigenvalue weighted by Crippen LogP contribution is -2.41. The highest BCUT2D eigenvalue weighted by molar-refractivity contribution is 9.08. The lowest BCUT2D eigenvalue weighted by Gasteiger charge is -2.38. The maximum Gasteiger partial charge on any atom is 0.123 e. The zero-order chi connectivity index (χ0) is 14.0. The number of hydrogen-bond acceptors (Lipinski definition) is 2. The molecule has 1 aliphatic carbocycles. The molecule has 1 saturated heterocycles. The fourth-order valence-electron chi connectivity index (χ4n) is 3.40. The quantitative estimate of drug-likeness (QED) is 0.699. The molecule has 1 heterocycles. The van der Waals surface area contributed by atoms with Crippen LogP contribution in [0.4, 0.5) is 0 Å². The monoisotopic (exact) mass is 358 g/mol. The molecule has 3 rings (SSSR count). The van der Waals surface area contributed by atoms with Gasteiger partial charge >= 0.3 is 0 Å². The number of hydrogen-bond donors (Lipinski definition) is 0. The van der Waals surface area contributed by atoms with E-state index in [2.05, 4.69) is 15.9 Å². The van der Waals surface area contributed by atoms with Gasteiger partial charge in [0.1, 0.15) is 11.9 Å². The van der Waals surface area contributed by atoms with Crippen molar-refractivity contribution in [3.63, 3.8) is 0 Å². The Morgan fingerprint density at radius 2 is 2.15 bits per heavy atom. The summed E-state index contributed by atoms with van der Waals surface area (Å²) < 4.78 is 12.3. The van der Waals surface area contributed by atoms with Gasteiger partial charge in [0, 0.05) is 28.8 Å². The fourth-order valence-corrected chi connectivity index (χ4v) is 4.03. The molecule has 1 aromatic rings. The van der Waals surface area contributed by atoms with Crippen LogP contribution in [0.3, 0.4) is 0 Å². The van der Waals surface area contributed by atoms with Gasteiger partial charge in [0.25, 0.3) is 0 Å². The minimum Gasteiger partial charge on any atom is -0.490 e. The molecule has 0 bridgehead atoms. The maximum absolute atomic E-state index is 6.25. The Bertz CT molecular complexity index is 472. The highest BCUT2D eigenvalue weighted by atomic mass is 79.9. The van der Waals surface area contributed by atoms with Gasteiger partial charge in [-0.3, -0.25) is 0 Å². The molecule has 0 aromatic heterocycles. The molecule has 4 heteroatoms. The van der Waals surface area contributed by atoms with Crippen LogP contribution in [0.5, 0.6) is 5.75 Å². The number of benzene rings is 1. The fraction of sp³-hybridized carbons (Fsp3) is 0.625. The van der Waals surface area contributed by atoms with Crippen molar-refractivity contribution in [3.05, 3.63) is 28.8 Å². The van der Waals surface area contributed by atoms with Crippen molar-refractivity contribution in [1.82, 2.24) is 0 Å². The molecule has 2 nitrogen and oxygen atoms in total. The molecule has 2 fully saturated rings. The van der Waals surface area contributed by atoms with Crippen LogP contribution in [0.25, 0.3) is 0 Å². The third-order valence-corrected chi connectivity index (χ3v) is 5.26. The Kier molecular flexibility index (Phi) is 4.58. The summed E-state index contributed by atoms with van der Waals surface area (Å²) >= 11 is 9.54. The standard InChI is InChI=1S/C16H20BrClO2/c17-11-12-9-13(18)3-4-15(12)20-14-5-8-19-16(10-14)6-1-2-7-16/h3-4,9,14H,1-2,5-8,10-11H2. The van der Waals surface area contributed by atoms with E-state index in [0.717, 1.165) is 41.1 Å². The van der Waals surface area contributed by atoms with E-state index < -0.39 is 0 Å². The SMILES string of the molecule is Clc1ccc(OC2CCOC3(CCCC3)C2)c(CBr)c1. The molecule has 110 valence electrons. The van der Waals surface area contributed by atoms with E-state index in [0.29, 0.717) is 0 Å². The van der Waals surface area contributed by atoms with E-state index in [-0.39, 0.29) is 11.7 Å². The summed E-state index contributed by atoms with van der Waals surface area (Å²) in [6.45, 7) is 0.821.